The SMILES string of the molecule is CCNC(=O)[C@H](C)OC(=O)c1ccc(Cl)c(S(=O)(=O)NC[C@@H]2CCCO2)c1. The van der Waals surface area contributed by atoms with Gasteiger partial charge >= 0.3 is 5.97 Å². The van der Waals surface area contributed by atoms with E-state index in [9.17, 15) is 18.0 Å². The van der Waals surface area contributed by atoms with Crippen LogP contribution in [0.4, 0.5) is 0 Å². The van der Waals surface area contributed by atoms with Crippen LogP contribution >= 0.6 is 11.6 Å². The molecular weight excluding hydrogens is 396 g/mol. The van der Waals surface area contributed by atoms with Crippen molar-refractivity contribution in [1.82, 2.24) is 10.0 Å². The van der Waals surface area contributed by atoms with E-state index < -0.39 is 28.0 Å². The minimum Gasteiger partial charge on any atom is -0.449 e. The van der Waals surface area contributed by atoms with Crippen LogP contribution in [0.1, 0.15) is 37.0 Å². The second-order valence-corrected chi connectivity index (χ2v) is 8.22. The molecule has 1 amide bonds. The Bertz CT molecular complexity index is 793. The number of rotatable bonds is 8. The number of carbonyl (C=O) groups excluding carboxylic acids is 2. The van der Waals surface area contributed by atoms with Crippen LogP contribution in [-0.2, 0) is 24.3 Å². The molecule has 1 fully saturated rings. The highest BCUT2D eigenvalue weighted by Gasteiger charge is 2.25. The van der Waals surface area contributed by atoms with Crippen molar-refractivity contribution >= 4 is 33.5 Å². The third-order valence-corrected chi connectivity index (χ3v) is 5.89. The normalized spacial score (nSPS) is 18.1. The third-order valence-electron chi connectivity index (χ3n) is 3.99. The summed E-state index contributed by atoms with van der Waals surface area (Å²) in [5.41, 5.74) is -0.0203. The second-order valence-electron chi connectivity index (χ2n) is 6.07. The predicted octanol–water partition coefficient (Wildman–Crippen LogP) is 1.48. The average molecular weight is 419 g/mol. The smallest absolute Gasteiger partial charge is 0.338 e. The zero-order valence-electron chi connectivity index (χ0n) is 15.2. The Labute approximate surface area is 163 Å². The van der Waals surface area contributed by atoms with Crippen LogP contribution < -0.4 is 10.0 Å². The Balaban J connectivity index is 2.12. The summed E-state index contributed by atoms with van der Waals surface area (Å²) in [6, 6.07) is 3.77. The molecule has 2 atom stereocenters. The second kappa shape index (κ2) is 9.50. The molecule has 0 saturated carbocycles. The maximum atomic E-state index is 12.5. The first kappa shape index (κ1) is 21.6. The Morgan fingerprint density at radius 1 is 1.41 bits per heavy atom. The molecule has 1 saturated heterocycles. The molecule has 1 aromatic rings. The van der Waals surface area contributed by atoms with Crippen molar-refractivity contribution in [2.45, 2.75) is 43.8 Å². The predicted molar refractivity (Wildman–Crippen MR) is 99.2 cm³/mol. The number of carbonyl (C=O) groups is 2. The first-order valence-electron chi connectivity index (χ1n) is 8.64. The van der Waals surface area contributed by atoms with Crippen LogP contribution in [0.2, 0.25) is 5.02 Å². The summed E-state index contributed by atoms with van der Waals surface area (Å²) in [6.07, 6.45) is 0.481. The molecule has 0 aromatic heterocycles. The fourth-order valence-electron chi connectivity index (χ4n) is 2.52. The number of sulfonamides is 1. The summed E-state index contributed by atoms with van der Waals surface area (Å²) in [5, 5.41) is 2.51. The van der Waals surface area contributed by atoms with Gasteiger partial charge in [0.2, 0.25) is 10.0 Å². The van der Waals surface area contributed by atoms with Crippen molar-refractivity contribution in [3.8, 4) is 0 Å². The van der Waals surface area contributed by atoms with Crippen molar-refractivity contribution < 1.29 is 27.5 Å². The molecule has 8 nitrogen and oxygen atoms in total. The van der Waals surface area contributed by atoms with Crippen LogP contribution in [-0.4, -0.2) is 52.2 Å². The van der Waals surface area contributed by atoms with Gasteiger partial charge in [-0.3, -0.25) is 4.79 Å². The molecule has 10 heteroatoms. The maximum absolute atomic E-state index is 12.5. The van der Waals surface area contributed by atoms with Gasteiger partial charge in [-0.2, -0.15) is 0 Å². The van der Waals surface area contributed by atoms with E-state index in [0.717, 1.165) is 18.9 Å². The standard InChI is InChI=1S/C17H23ClN2O6S/c1-3-19-16(21)11(2)26-17(22)12-6-7-14(18)15(9-12)27(23,24)20-10-13-5-4-8-25-13/h6-7,9,11,13,20H,3-5,8,10H2,1-2H3,(H,19,21)/t11-,13-/m0/s1. The molecule has 2 N–H and O–H groups in total. The summed E-state index contributed by atoms with van der Waals surface area (Å²) < 4.78 is 38.0. The van der Waals surface area contributed by atoms with E-state index >= 15 is 0 Å². The average Bonchev–Trinajstić information content (AvgIpc) is 3.14. The monoisotopic (exact) mass is 418 g/mol. The lowest BCUT2D eigenvalue weighted by Gasteiger charge is -2.14. The largest absolute Gasteiger partial charge is 0.449 e. The van der Waals surface area contributed by atoms with Crippen LogP contribution in [0, 0.1) is 0 Å². The zero-order valence-corrected chi connectivity index (χ0v) is 16.7. The van der Waals surface area contributed by atoms with Gasteiger partial charge in [-0.25, -0.2) is 17.9 Å². The van der Waals surface area contributed by atoms with Gasteiger partial charge in [0.15, 0.2) is 6.10 Å². The molecule has 0 bridgehead atoms. The number of hydrogen-bond donors (Lipinski definition) is 2. The first-order chi connectivity index (χ1) is 12.7. The van der Waals surface area contributed by atoms with Crippen molar-refractivity contribution in [3.63, 3.8) is 0 Å². The molecular formula is C17H23ClN2O6S. The lowest BCUT2D eigenvalue weighted by Crippen LogP contribution is -2.35. The first-order valence-corrected chi connectivity index (χ1v) is 10.5. The van der Waals surface area contributed by atoms with E-state index in [2.05, 4.69) is 10.0 Å². The number of ether oxygens (including phenoxy) is 2. The number of halogens is 1. The summed E-state index contributed by atoms with van der Waals surface area (Å²) >= 11 is 6.01. The van der Waals surface area contributed by atoms with Gasteiger partial charge in [0.1, 0.15) is 4.90 Å². The van der Waals surface area contributed by atoms with Crippen molar-refractivity contribution in [1.29, 1.82) is 0 Å². The van der Waals surface area contributed by atoms with Gasteiger partial charge in [-0.15, -0.1) is 0 Å². The number of nitrogens with one attached hydrogen (secondary N) is 2. The molecule has 1 aliphatic rings. The number of likely N-dealkylation sites (N-methyl/N-ethyl adjacent to an activating group) is 1. The highest BCUT2D eigenvalue weighted by Crippen LogP contribution is 2.23. The minimum atomic E-state index is -3.94. The van der Waals surface area contributed by atoms with E-state index in [4.69, 9.17) is 21.1 Å². The molecule has 0 unspecified atom stereocenters. The third kappa shape index (κ3) is 5.90. The van der Waals surface area contributed by atoms with Crippen LogP contribution in [0.5, 0.6) is 0 Å². The molecule has 0 radical (unpaired) electrons. The highest BCUT2D eigenvalue weighted by atomic mass is 35.5. The molecule has 27 heavy (non-hydrogen) atoms. The molecule has 1 aliphatic heterocycles. The number of hydrogen-bond acceptors (Lipinski definition) is 6. The summed E-state index contributed by atoms with van der Waals surface area (Å²) in [6.45, 7) is 4.31. The van der Waals surface area contributed by atoms with Crippen molar-refractivity contribution in [2.24, 2.45) is 0 Å². The van der Waals surface area contributed by atoms with Crippen LogP contribution in [0.25, 0.3) is 0 Å². The number of esters is 1. The quantitative estimate of drug-likeness (QED) is 0.618. The van der Waals surface area contributed by atoms with Crippen LogP contribution in [0.3, 0.4) is 0 Å². The topological polar surface area (TPSA) is 111 Å². The lowest BCUT2D eigenvalue weighted by molar-refractivity contribution is -0.128. The maximum Gasteiger partial charge on any atom is 0.338 e. The summed E-state index contributed by atoms with van der Waals surface area (Å²) in [7, 11) is -3.94. The fourth-order valence-corrected chi connectivity index (χ4v) is 4.11. The number of amides is 1. The molecule has 150 valence electrons. The molecule has 1 heterocycles. The van der Waals surface area contributed by atoms with E-state index in [1.54, 1.807) is 6.92 Å². The van der Waals surface area contributed by atoms with Crippen LogP contribution in [0.15, 0.2) is 23.1 Å². The van der Waals surface area contributed by atoms with Crippen molar-refractivity contribution in [2.75, 3.05) is 19.7 Å². The Morgan fingerprint density at radius 2 is 2.15 bits per heavy atom. The Hall–Kier alpha value is -1.68. The van der Waals surface area contributed by atoms with E-state index in [1.807, 2.05) is 0 Å². The van der Waals surface area contributed by atoms with Gasteiger partial charge in [0, 0.05) is 19.7 Å². The van der Waals surface area contributed by atoms with E-state index in [1.165, 1.54) is 19.1 Å². The lowest BCUT2D eigenvalue weighted by atomic mass is 10.2. The Morgan fingerprint density at radius 3 is 2.78 bits per heavy atom. The minimum absolute atomic E-state index is 0.0203. The molecule has 0 aliphatic carbocycles. The summed E-state index contributed by atoms with van der Waals surface area (Å²) in [5.74, 6) is -1.26. The summed E-state index contributed by atoms with van der Waals surface area (Å²) in [4.78, 5) is 23.7. The van der Waals surface area contributed by atoms with Gasteiger partial charge in [0.25, 0.3) is 5.91 Å². The van der Waals surface area contributed by atoms with Gasteiger partial charge in [0.05, 0.1) is 16.7 Å². The van der Waals surface area contributed by atoms with E-state index in [0.29, 0.717) is 13.2 Å². The van der Waals surface area contributed by atoms with Gasteiger partial charge < -0.3 is 14.8 Å². The Kier molecular flexibility index (Phi) is 7.60. The number of benzene rings is 1. The van der Waals surface area contributed by atoms with E-state index in [-0.39, 0.29) is 28.1 Å². The fraction of sp³-hybridized carbons (Fsp3) is 0.529. The van der Waals surface area contributed by atoms with Gasteiger partial charge in [-0.1, -0.05) is 11.6 Å². The zero-order chi connectivity index (χ0) is 20.0. The van der Waals surface area contributed by atoms with Crippen molar-refractivity contribution in [3.05, 3.63) is 28.8 Å². The molecule has 2 rings (SSSR count). The molecule has 1 aromatic carbocycles. The van der Waals surface area contributed by atoms with Gasteiger partial charge in [-0.05, 0) is 44.9 Å². The highest BCUT2D eigenvalue weighted by molar-refractivity contribution is 7.89. The molecule has 0 spiro atoms.